The van der Waals surface area contributed by atoms with Gasteiger partial charge in [-0.3, -0.25) is 9.59 Å². The van der Waals surface area contributed by atoms with Crippen LogP contribution in [0.5, 0.6) is 5.75 Å². The van der Waals surface area contributed by atoms with Gasteiger partial charge >= 0.3 is 5.97 Å². The van der Waals surface area contributed by atoms with Gasteiger partial charge in [0.2, 0.25) is 11.7 Å². The first kappa shape index (κ1) is 20.0. The molecule has 1 N–H and O–H groups in total. The van der Waals surface area contributed by atoms with Crippen LogP contribution in [0.25, 0.3) is 10.7 Å². The van der Waals surface area contributed by atoms with E-state index in [-0.39, 0.29) is 18.3 Å². The van der Waals surface area contributed by atoms with Crippen LogP contribution in [0.4, 0.5) is 5.69 Å². The standard InChI is InChI=1S/C21H17N3O4S2/c25-19(7-1-6-18-23-20(24-28-18)16-4-2-12-29-16)27-15-10-8-14(9-11-15)22-21(26)17-5-3-13-30-17/h2-5,8-13H,1,6-7H2,(H,22,26). The Morgan fingerprint density at radius 2 is 1.83 bits per heavy atom. The highest BCUT2D eigenvalue weighted by atomic mass is 32.1. The molecule has 0 unspecified atom stereocenters. The molecule has 0 saturated carbocycles. The molecule has 152 valence electrons. The number of carbonyl (C=O) groups excluding carboxylic acids is 2. The fraction of sp³-hybridized carbons (Fsp3) is 0.143. The minimum absolute atomic E-state index is 0.169. The fourth-order valence-corrected chi connectivity index (χ4v) is 3.90. The molecule has 0 fully saturated rings. The fourth-order valence-electron chi connectivity index (χ4n) is 2.64. The lowest BCUT2D eigenvalue weighted by atomic mass is 10.2. The van der Waals surface area contributed by atoms with Crippen LogP contribution in [0, 0.1) is 0 Å². The van der Waals surface area contributed by atoms with E-state index < -0.39 is 0 Å². The van der Waals surface area contributed by atoms with Gasteiger partial charge in [-0.15, -0.1) is 22.7 Å². The largest absolute Gasteiger partial charge is 0.427 e. The van der Waals surface area contributed by atoms with Gasteiger partial charge in [-0.05, 0) is 53.6 Å². The van der Waals surface area contributed by atoms with Crippen LogP contribution in [0.2, 0.25) is 0 Å². The van der Waals surface area contributed by atoms with E-state index in [1.54, 1.807) is 41.7 Å². The molecule has 7 nitrogen and oxygen atoms in total. The molecule has 0 bridgehead atoms. The molecule has 9 heteroatoms. The van der Waals surface area contributed by atoms with Crippen LogP contribution in [-0.4, -0.2) is 22.0 Å². The Morgan fingerprint density at radius 1 is 1.03 bits per heavy atom. The SMILES string of the molecule is O=C(CCCc1nc(-c2cccs2)no1)Oc1ccc(NC(=O)c2cccs2)cc1. The van der Waals surface area contributed by atoms with Crippen LogP contribution in [-0.2, 0) is 11.2 Å². The van der Waals surface area contributed by atoms with Crippen LogP contribution >= 0.6 is 22.7 Å². The van der Waals surface area contributed by atoms with Gasteiger partial charge in [0.25, 0.3) is 5.91 Å². The lowest BCUT2D eigenvalue weighted by Crippen LogP contribution is -2.10. The molecular weight excluding hydrogens is 422 g/mol. The molecular formula is C21H17N3O4S2. The number of aryl methyl sites for hydroxylation is 1. The molecule has 0 aliphatic heterocycles. The second-order valence-corrected chi connectivity index (χ2v) is 8.17. The molecule has 3 heterocycles. The van der Waals surface area contributed by atoms with Gasteiger partial charge < -0.3 is 14.6 Å². The molecule has 1 aromatic carbocycles. The number of hydrogen-bond donors (Lipinski definition) is 1. The maximum absolute atomic E-state index is 12.1. The summed E-state index contributed by atoms with van der Waals surface area (Å²) in [5.41, 5.74) is 0.631. The predicted octanol–water partition coefficient (Wildman–Crippen LogP) is 5.04. The van der Waals surface area contributed by atoms with E-state index in [0.717, 1.165) is 4.88 Å². The van der Waals surface area contributed by atoms with Crippen molar-refractivity contribution in [1.82, 2.24) is 10.1 Å². The number of aromatic nitrogens is 2. The maximum atomic E-state index is 12.1. The van der Waals surface area contributed by atoms with E-state index in [1.165, 1.54) is 11.3 Å². The summed E-state index contributed by atoms with van der Waals surface area (Å²) in [6, 6.07) is 14.1. The molecule has 0 radical (unpaired) electrons. The predicted molar refractivity (Wildman–Crippen MR) is 115 cm³/mol. The highest BCUT2D eigenvalue weighted by molar-refractivity contribution is 7.13. The number of hydrogen-bond acceptors (Lipinski definition) is 8. The van der Waals surface area contributed by atoms with Crippen molar-refractivity contribution in [2.45, 2.75) is 19.3 Å². The van der Waals surface area contributed by atoms with Crippen molar-refractivity contribution >= 4 is 40.2 Å². The Balaban J connectivity index is 1.22. The monoisotopic (exact) mass is 439 g/mol. The summed E-state index contributed by atoms with van der Waals surface area (Å²) in [7, 11) is 0. The van der Waals surface area contributed by atoms with E-state index in [0.29, 0.717) is 40.9 Å². The van der Waals surface area contributed by atoms with Gasteiger partial charge in [-0.25, -0.2) is 0 Å². The maximum Gasteiger partial charge on any atom is 0.311 e. The number of thiophene rings is 2. The summed E-state index contributed by atoms with van der Waals surface area (Å²) in [5.74, 6) is 0.971. The zero-order chi connectivity index (χ0) is 20.8. The highest BCUT2D eigenvalue weighted by Crippen LogP contribution is 2.22. The van der Waals surface area contributed by atoms with Crippen molar-refractivity contribution in [3.63, 3.8) is 0 Å². The molecule has 0 aliphatic carbocycles. The number of ether oxygens (including phenoxy) is 1. The number of amides is 1. The first-order valence-corrected chi connectivity index (χ1v) is 11.0. The van der Waals surface area contributed by atoms with E-state index in [1.807, 2.05) is 29.0 Å². The van der Waals surface area contributed by atoms with Gasteiger partial charge in [-0.1, -0.05) is 17.3 Å². The second kappa shape index (κ2) is 9.47. The van der Waals surface area contributed by atoms with Crippen LogP contribution in [0.15, 0.2) is 63.8 Å². The number of esters is 1. The molecule has 30 heavy (non-hydrogen) atoms. The molecule has 4 aromatic rings. The summed E-state index contributed by atoms with van der Waals surface area (Å²) in [4.78, 5) is 30.0. The number of anilines is 1. The molecule has 3 aromatic heterocycles. The van der Waals surface area contributed by atoms with E-state index in [9.17, 15) is 9.59 Å². The smallest absolute Gasteiger partial charge is 0.311 e. The van der Waals surface area contributed by atoms with Gasteiger partial charge in [0.05, 0.1) is 9.75 Å². The lowest BCUT2D eigenvalue weighted by molar-refractivity contribution is -0.134. The Labute approximate surface area is 180 Å². The topological polar surface area (TPSA) is 94.3 Å². The zero-order valence-corrected chi connectivity index (χ0v) is 17.4. The number of rotatable bonds is 8. The molecule has 4 rings (SSSR count). The third-order valence-corrected chi connectivity index (χ3v) is 5.80. The van der Waals surface area contributed by atoms with Crippen molar-refractivity contribution in [3.8, 4) is 16.5 Å². The zero-order valence-electron chi connectivity index (χ0n) is 15.7. The van der Waals surface area contributed by atoms with E-state index >= 15 is 0 Å². The summed E-state index contributed by atoms with van der Waals surface area (Å²) in [6.45, 7) is 0. The first-order valence-electron chi connectivity index (χ1n) is 9.19. The summed E-state index contributed by atoms with van der Waals surface area (Å²) in [5, 5.41) is 10.5. The number of nitrogens with zero attached hydrogens (tertiary/aromatic N) is 2. The number of nitrogens with one attached hydrogen (secondary N) is 1. The third kappa shape index (κ3) is 5.19. The van der Waals surface area contributed by atoms with Gasteiger partial charge in [-0.2, -0.15) is 4.98 Å². The van der Waals surface area contributed by atoms with Crippen LogP contribution in [0.1, 0.15) is 28.4 Å². The van der Waals surface area contributed by atoms with Crippen molar-refractivity contribution in [2.24, 2.45) is 0 Å². The minimum atomic E-state index is -0.344. The van der Waals surface area contributed by atoms with Crippen molar-refractivity contribution in [2.75, 3.05) is 5.32 Å². The van der Waals surface area contributed by atoms with Gasteiger partial charge in [0.15, 0.2) is 0 Å². The first-order chi connectivity index (χ1) is 14.7. The minimum Gasteiger partial charge on any atom is -0.427 e. The second-order valence-electron chi connectivity index (χ2n) is 6.27. The highest BCUT2D eigenvalue weighted by Gasteiger charge is 2.12. The Bertz CT molecular complexity index is 1100. The van der Waals surface area contributed by atoms with Crippen molar-refractivity contribution in [3.05, 3.63) is 70.1 Å². The summed E-state index contributed by atoms with van der Waals surface area (Å²) >= 11 is 2.91. The van der Waals surface area contributed by atoms with Crippen LogP contribution in [0.3, 0.4) is 0 Å². The lowest BCUT2D eigenvalue weighted by Gasteiger charge is -2.06. The average molecular weight is 440 g/mol. The molecule has 0 aliphatic rings. The van der Waals surface area contributed by atoms with Gasteiger partial charge in [0.1, 0.15) is 5.75 Å². The normalized spacial score (nSPS) is 10.7. The van der Waals surface area contributed by atoms with Crippen molar-refractivity contribution < 1.29 is 18.8 Å². The molecule has 0 saturated heterocycles. The number of carbonyl (C=O) groups is 2. The molecule has 1 amide bonds. The van der Waals surface area contributed by atoms with Crippen LogP contribution < -0.4 is 10.1 Å². The van der Waals surface area contributed by atoms with Gasteiger partial charge in [0, 0.05) is 18.5 Å². The summed E-state index contributed by atoms with van der Waals surface area (Å²) < 4.78 is 10.6. The number of benzene rings is 1. The Morgan fingerprint density at radius 3 is 2.57 bits per heavy atom. The summed E-state index contributed by atoms with van der Waals surface area (Å²) in [6.07, 6.45) is 1.27. The third-order valence-electron chi connectivity index (χ3n) is 4.07. The average Bonchev–Trinajstić information content (AvgIpc) is 3.51. The van der Waals surface area contributed by atoms with E-state index in [4.69, 9.17) is 9.26 Å². The molecule has 0 atom stereocenters. The Kier molecular flexibility index (Phi) is 6.31. The molecule has 0 spiro atoms. The van der Waals surface area contributed by atoms with E-state index in [2.05, 4.69) is 15.5 Å². The Hall–Kier alpha value is -3.30. The van der Waals surface area contributed by atoms with Crippen molar-refractivity contribution in [1.29, 1.82) is 0 Å². The quantitative estimate of drug-likeness (QED) is 0.305.